The van der Waals surface area contributed by atoms with Crippen LogP contribution in [0.2, 0.25) is 0 Å². The molecule has 3 N–H and O–H groups in total. The molecule has 0 radical (unpaired) electrons. The Morgan fingerprint density at radius 1 is 1.45 bits per heavy atom. The minimum absolute atomic E-state index is 0.337. The first kappa shape index (κ1) is 10.9. The Labute approximate surface area is 69.2 Å². The summed E-state index contributed by atoms with van der Waals surface area (Å²) in [7, 11) is 2.05. The lowest BCUT2D eigenvalue weighted by atomic mass is 10.2. The normalized spacial score (nSPS) is 14.5. The topological polar surface area (TPSA) is 49.5 Å². The summed E-state index contributed by atoms with van der Waals surface area (Å²) in [6.45, 7) is 5.55. The molecular weight excluding hydrogens is 140 g/mol. The standard InChI is InChI=1S/C8H20N2O/c1-7(2)10(3)5-4-8(11)6-9/h7-8,11H,4-6,9H2,1-3H3/t8-/m1/s1. The molecule has 11 heavy (non-hydrogen) atoms. The highest BCUT2D eigenvalue weighted by atomic mass is 16.3. The van der Waals surface area contributed by atoms with Gasteiger partial charge in [-0.1, -0.05) is 0 Å². The summed E-state index contributed by atoms with van der Waals surface area (Å²) >= 11 is 0. The average Bonchev–Trinajstić information content (AvgIpc) is 1.99. The largest absolute Gasteiger partial charge is 0.392 e. The minimum Gasteiger partial charge on any atom is -0.392 e. The first-order valence-electron chi connectivity index (χ1n) is 4.16. The second-order valence-electron chi connectivity index (χ2n) is 3.25. The van der Waals surface area contributed by atoms with E-state index in [1.807, 2.05) is 7.05 Å². The molecule has 0 aromatic rings. The van der Waals surface area contributed by atoms with Crippen LogP contribution in [0.4, 0.5) is 0 Å². The molecule has 0 amide bonds. The molecule has 0 rings (SSSR count). The molecule has 0 aliphatic rings. The molecule has 0 saturated heterocycles. The molecule has 0 aliphatic carbocycles. The molecule has 3 heteroatoms. The van der Waals surface area contributed by atoms with Crippen LogP contribution in [-0.4, -0.2) is 42.3 Å². The van der Waals surface area contributed by atoms with Crippen molar-refractivity contribution in [2.75, 3.05) is 20.1 Å². The molecule has 0 unspecified atom stereocenters. The molecule has 68 valence electrons. The number of hydrogen-bond donors (Lipinski definition) is 2. The number of aliphatic hydroxyl groups is 1. The van der Waals surface area contributed by atoms with Crippen LogP contribution in [0.3, 0.4) is 0 Å². The van der Waals surface area contributed by atoms with Gasteiger partial charge in [-0.2, -0.15) is 0 Å². The fourth-order valence-corrected chi connectivity index (χ4v) is 0.729. The molecule has 0 fully saturated rings. The van der Waals surface area contributed by atoms with Gasteiger partial charge in [-0.3, -0.25) is 0 Å². The fraction of sp³-hybridized carbons (Fsp3) is 1.00. The zero-order valence-electron chi connectivity index (χ0n) is 7.75. The van der Waals surface area contributed by atoms with Crippen molar-refractivity contribution in [2.45, 2.75) is 32.4 Å². The maximum absolute atomic E-state index is 9.14. The second kappa shape index (κ2) is 5.52. The van der Waals surface area contributed by atoms with E-state index in [-0.39, 0.29) is 6.10 Å². The van der Waals surface area contributed by atoms with Crippen LogP contribution in [0.15, 0.2) is 0 Å². The van der Waals surface area contributed by atoms with E-state index >= 15 is 0 Å². The van der Waals surface area contributed by atoms with Crippen molar-refractivity contribution in [1.29, 1.82) is 0 Å². The number of nitrogens with two attached hydrogens (primary N) is 1. The zero-order chi connectivity index (χ0) is 8.85. The highest BCUT2D eigenvalue weighted by Gasteiger charge is 2.05. The third-order valence-electron chi connectivity index (χ3n) is 1.97. The summed E-state index contributed by atoms with van der Waals surface area (Å²) < 4.78 is 0. The molecule has 0 aromatic carbocycles. The van der Waals surface area contributed by atoms with E-state index in [0.29, 0.717) is 12.6 Å². The lowest BCUT2D eigenvalue weighted by Gasteiger charge is -2.21. The molecule has 0 spiro atoms. The summed E-state index contributed by atoms with van der Waals surface area (Å²) in [6.07, 6.45) is 0.432. The minimum atomic E-state index is -0.337. The van der Waals surface area contributed by atoms with E-state index in [9.17, 15) is 0 Å². The molecule has 0 aliphatic heterocycles. The maximum atomic E-state index is 9.14. The number of nitrogens with zero attached hydrogens (tertiary/aromatic N) is 1. The van der Waals surface area contributed by atoms with Gasteiger partial charge in [-0.25, -0.2) is 0 Å². The van der Waals surface area contributed by atoms with Gasteiger partial charge in [-0.05, 0) is 27.3 Å². The second-order valence-corrected chi connectivity index (χ2v) is 3.25. The predicted molar refractivity (Wildman–Crippen MR) is 47.4 cm³/mol. The lowest BCUT2D eigenvalue weighted by Crippen LogP contribution is -2.31. The Morgan fingerprint density at radius 2 is 2.00 bits per heavy atom. The number of rotatable bonds is 5. The van der Waals surface area contributed by atoms with Crippen LogP contribution in [0.1, 0.15) is 20.3 Å². The van der Waals surface area contributed by atoms with Gasteiger partial charge in [0.1, 0.15) is 0 Å². The molecule has 0 saturated carbocycles. The SMILES string of the molecule is CC(C)N(C)CC[C@@H](O)CN. The van der Waals surface area contributed by atoms with Crippen LogP contribution < -0.4 is 5.73 Å². The highest BCUT2D eigenvalue weighted by Crippen LogP contribution is 1.97. The Kier molecular flexibility index (Phi) is 5.46. The quantitative estimate of drug-likeness (QED) is 0.597. The van der Waals surface area contributed by atoms with Crippen LogP contribution >= 0.6 is 0 Å². The van der Waals surface area contributed by atoms with E-state index in [1.165, 1.54) is 0 Å². The Balaban J connectivity index is 3.37. The van der Waals surface area contributed by atoms with Crippen LogP contribution in [-0.2, 0) is 0 Å². The molecule has 1 atom stereocenters. The molecule has 0 aromatic heterocycles. The molecule has 3 nitrogen and oxygen atoms in total. The highest BCUT2D eigenvalue weighted by molar-refractivity contribution is 4.62. The zero-order valence-corrected chi connectivity index (χ0v) is 7.75. The van der Waals surface area contributed by atoms with Gasteiger partial charge in [-0.15, -0.1) is 0 Å². The van der Waals surface area contributed by atoms with Crippen molar-refractivity contribution in [1.82, 2.24) is 4.90 Å². The predicted octanol–water partition coefficient (Wildman–Crippen LogP) is 0.0363. The molecular formula is C8H20N2O. The Morgan fingerprint density at radius 3 is 2.36 bits per heavy atom. The van der Waals surface area contributed by atoms with E-state index < -0.39 is 0 Å². The summed E-state index contributed by atoms with van der Waals surface area (Å²) in [5.74, 6) is 0. The van der Waals surface area contributed by atoms with Crippen LogP contribution in [0.5, 0.6) is 0 Å². The van der Waals surface area contributed by atoms with Crippen molar-refractivity contribution < 1.29 is 5.11 Å². The third kappa shape index (κ3) is 5.18. The van der Waals surface area contributed by atoms with Crippen molar-refractivity contribution in [2.24, 2.45) is 5.73 Å². The van der Waals surface area contributed by atoms with E-state index in [1.54, 1.807) is 0 Å². The van der Waals surface area contributed by atoms with E-state index in [2.05, 4.69) is 18.7 Å². The van der Waals surface area contributed by atoms with Crippen molar-refractivity contribution in [3.05, 3.63) is 0 Å². The number of aliphatic hydroxyl groups excluding tert-OH is 1. The van der Waals surface area contributed by atoms with Crippen molar-refractivity contribution in [3.63, 3.8) is 0 Å². The van der Waals surface area contributed by atoms with Gasteiger partial charge in [0.15, 0.2) is 0 Å². The first-order chi connectivity index (χ1) is 5.07. The van der Waals surface area contributed by atoms with Gasteiger partial charge in [0, 0.05) is 19.1 Å². The van der Waals surface area contributed by atoms with Crippen molar-refractivity contribution >= 4 is 0 Å². The summed E-state index contributed by atoms with van der Waals surface area (Å²) in [5.41, 5.74) is 5.27. The van der Waals surface area contributed by atoms with Gasteiger partial charge in [0.05, 0.1) is 6.10 Å². The molecule has 0 bridgehead atoms. The van der Waals surface area contributed by atoms with Gasteiger partial charge in [0.2, 0.25) is 0 Å². The Hall–Kier alpha value is -0.120. The number of hydrogen-bond acceptors (Lipinski definition) is 3. The van der Waals surface area contributed by atoms with Gasteiger partial charge < -0.3 is 15.7 Å². The van der Waals surface area contributed by atoms with E-state index in [0.717, 1.165) is 13.0 Å². The Bertz CT molecular complexity index is 96.1. The summed E-state index contributed by atoms with van der Waals surface area (Å²) in [4.78, 5) is 2.19. The van der Waals surface area contributed by atoms with E-state index in [4.69, 9.17) is 10.8 Å². The maximum Gasteiger partial charge on any atom is 0.0674 e. The third-order valence-corrected chi connectivity index (χ3v) is 1.97. The first-order valence-corrected chi connectivity index (χ1v) is 4.16. The average molecular weight is 160 g/mol. The smallest absolute Gasteiger partial charge is 0.0674 e. The van der Waals surface area contributed by atoms with Crippen LogP contribution in [0, 0.1) is 0 Å². The van der Waals surface area contributed by atoms with Gasteiger partial charge >= 0.3 is 0 Å². The van der Waals surface area contributed by atoms with Crippen LogP contribution in [0.25, 0.3) is 0 Å². The van der Waals surface area contributed by atoms with Gasteiger partial charge in [0.25, 0.3) is 0 Å². The fourth-order valence-electron chi connectivity index (χ4n) is 0.729. The monoisotopic (exact) mass is 160 g/mol. The van der Waals surface area contributed by atoms with Crippen molar-refractivity contribution in [3.8, 4) is 0 Å². The molecule has 0 heterocycles. The summed E-state index contributed by atoms with van der Waals surface area (Å²) in [5, 5.41) is 9.14. The summed E-state index contributed by atoms with van der Waals surface area (Å²) in [6, 6.07) is 0.542. The lowest BCUT2D eigenvalue weighted by molar-refractivity contribution is 0.146.